The van der Waals surface area contributed by atoms with Crippen molar-refractivity contribution in [3.05, 3.63) is 97.2 Å². The zero-order valence-electron chi connectivity index (χ0n) is 40.4. The molecule has 0 fully saturated rings. The maximum Gasteiger partial charge on any atom is 0.306 e. The van der Waals surface area contributed by atoms with Gasteiger partial charge in [0, 0.05) is 12.8 Å². The first-order chi connectivity index (χ1) is 30.6. The van der Waals surface area contributed by atoms with Crippen LogP contribution in [0.25, 0.3) is 0 Å². The van der Waals surface area contributed by atoms with E-state index in [2.05, 4.69) is 111 Å². The Hall–Kier alpha value is -3.18. The van der Waals surface area contributed by atoms with Gasteiger partial charge < -0.3 is 14.6 Å². The Morgan fingerprint density at radius 1 is 0.387 bits per heavy atom. The van der Waals surface area contributed by atoms with Crippen molar-refractivity contribution < 1.29 is 24.2 Å². The van der Waals surface area contributed by atoms with E-state index in [1.807, 2.05) is 0 Å². The molecular formula is C57H96O5. The van der Waals surface area contributed by atoms with Crippen LogP contribution < -0.4 is 0 Å². The molecule has 5 nitrogen and oxygen atoms in total. The first-order valence-electron chi connectivity index (χ1n) is 25.8. The Kier molecular flexibility index (Phi) is 49.5. The molecule has 0 rings (SSSR count). The van der Waals surface area contributed by atoms with Gasteiger partial charge in [0.2, 0.25) is 0 Å². The van der Waals surface area contributed by atoms with Gasteiger partial charge in [0.1, 0.15) is 6.61 Å². The lowest BCUT2D eigenvalue weighted by molar-refractivity contribution is -0.161. The molecule has 0 amide bonds. The molecule has 354 valence electrons. The van der Waals surface area contributed by atoms with E-state index in [0.29, 0.717) is 12.8 Å². The van der Waals surface area contributed by atoms with Crippen molar-refractivity contribution in [2.45, 2.75) is 238 Å². The lowest BCUT2D eigenvalue weighted by atomic mass is 10.0. The van der Waals surface area contributed by atoms with Gasteiger partial charge in [0.25, 0.3) is 0 Å². The smallest absolute Gasteiger partial charge is 0.306 e. The highest BCUT2D eigenvalue weighted by Gasteiger charge is 2.16. The molecule has 1 unspecified atom stereocenters. The number of aliphatic hydroxyl groups is 1. The van der Waals surface area contributed by atoms with Crippen molar-refractivity contribution >= 4 is 11.9 Å². The highest BCUT2D eigenvalue weighted by molar-refractivity contribution is 5.70. The Morgan fingerprint density at radius 2 is 0.694 bits per heavy atom. The molecule has 0 saturated carbocycles. The number of hydrogen-bond donors (Lipinski definition) is 1. The van der Waals surface area contributed by atoms with Crippen LogP contribution in [-0.4, -0.2) is 36.4 Å². The van der Waals surface area contributed by atoms with Crippen LogP contribution in [0.4, 0.5) is 0 Å². The fourth-order valence-corrected chi connectivity index (χ4v) is 7.04. The van der Waals surface area contributed by atoms with E-state index in [1.165, 1.54) is 116 Å². The molecule has 0 bridgehead atoms. The third-order valence-corrected chi connectivity index (χ3v) is 10.9. The second kappa shape index (κ2) is 52.2. The predicted molar refractivity (Wildman–Crippen MR) is 269 cm³/mol. The number of allylic oxidation sites excluding steroid dienone is 16. The molecule has 62 heavy (non-hydrogen) atoms. The molecule has 0 spiro atoms. The minimum absolute atomic E-state index is 0.0661. The summed E-state index contributed by atoms with van der Waals surface area (Å²) in [6.07, 6.45) is 74.0. The fraction of sp³-hybridized carbons (Fsp3) is 0.684. The van der Waals surface area contributed by atoms with Crippen LogP contribution in [0.3, 0.4) is 0 Å². The molecule has 1 atom stereocenters. The largest absolute Gasteiger partial charge is 0.462 e. The first kappa shape index (κ1) is 58.8. The van der Waals surface area contributed by atoms with Crippen LogP contribution in [0.2, 0.25) is 0 Å². The number of ether oxygens (including phenoxy) is 2. The Bertz CT molecular complexity index is 1200. The average Bonchev–Trinajstić information content (AvgIpc) is 3.28. The molecule has 0 radical (unpaired) electrons. The predicted octanol–water partition coefficient (Wildman–Crippen LogP) is 17.2. The van der Waals surface area contributed by atoms with Crippen LogP contribution in [0.1, 0.15) is 232 Å². The monoisotopic (exact) mass is 861 g/mol. The standard InChI is InChI=1S/C57H96O5/c1-3-5-7-9-11-12-13-14-15-16-17-18-19-20-21-22-23-24-25-26-27-28-29-30-31-32-33-34-35-36-37-38-39-40-41-42-43-44-46-48-50-52-57(60)62-55(53-58)54-61-56(59)51-49-47-45-10-8-6-4-2/h5,7,11-12,14-15,17-18,20-21,23-24,26-27,29-30,55,58H,3-4,6,8-10,13,16,19,22,25,28,31-54H2,1-2H3/b7-5-,12-11-,15-14-,18-17-,21-20-,24-23-,27-26-,30-29-. The average molecular weight is 861 g/mol. The Balaban J connectivity index is 3.47. The van der Waals surface area contributed by atoms with Crippen LogP contribution >= 0.6 is 0 Å². The van der Waals surface area contributed by atoms with Crippen LogP contribution in [0.5, 0.6) is 0 Å². The van der Waals surface area contributed by atoms with E-state index < -0.39 is 6.10 Å². The van der Waals surface area contributed by atoms with Gasteiger partial charge in [-0.25, -0.2) is 0 Å². The normalized spacial score (nSPS) is 13.0. The summed E-state index contributed by atoms with van der Waals surface area (Å²) in [5, 5.41) is 9.54. The van der Waals surface area contributed by atoms with Crippen molar-refractivity contribution in [3.8, 4) is 0 Å². The zero-order valence-corrected chi connectivity index (χ0v) is 40.4. The van der Waals surface area contributed by atoms with E-state index in [9.17, 15) is 14.7 Å². The molecule has 0 aliphatic carbocycles. The number of hydrogen-bond acceptors (Lipinski definition) is 5. The van der Waals surface area contributed by atoms with E-state index in [0.717, 1.165) is 89.9 Å². The number of aliphatic hydroxyl groups excluding tert-OH is 1. The van der Waals surface area contributed by atoms with Crippen molar-refractivity contribution in [2.24, 2.45) is 0 Å². The van der Waals surface area contributed by atoms with Gasteiger partial charge in [-0.3, -0.25) is 9.59 Å². The summed E-state index contributed by atoms with van der Waals surface area (Å²) in [5.41, 5.74) is 0. The van der Waals surface area contributed by atoms with Crippen LogP contribution in [-0.2, 0) is 19.1 Å². The summed E-state index contributed by atoms with van der Waals surface area (Å²) in [5.74, 6) is -0.596. The summed E-state index contributed by atoms with van der Waals surface area (Å²) in [4.78, 5) is 24.2. The van der Waals surface area contributed by atoms with Crippen molar-refractivity contribution in [1.29, 1.82) is 0 Å². The fourth-order valence-electron chi connectivity index (χ4n) is 7.04. The van der Waals surface area contributed by atoms with Gasteiger partial charge >= 0.3 is 11.9 Å². The second-order valence-corrected chi connectivity index (χ2v) is 16.9. The lowest BCUT2D eigenvalue weighted by Crippen LogP contribution is -2.28. The van der Waals surface area contributed by atoms with Gasteiger partial charge in [-0.1, -0.05) is 239 Å². The number of esters is 2. The first-order valence-corrected chi connectivity index (χ1v) is 25.8. The molecule has 0 aromatic carbocycles. The minimum atomic E-state index is -0.770. The highest BCUT2D eigenvalue weighted by atomic mass is 16.6. The summed E-state index contributed by atoms with van der Waals surface area (Å²) in [7, 11) is 0. The molecular weight excluding hydrogens is 765 g/mol. The third kappa shape index (κ3) is 49.5. The number of carbonyl (C=O) groups is 2. The molecule has 0 heterocycles. The lowest BCUT2D eigenvalue weighted by Gasteiger charge is -2.15. The van der Waals surface area contributed by atoms with Gasteiger partial charge in [0.05, 0.1) is 6.61 Å². The zero-order chi connectivity index (χ0) is 44.9. The SMILES string of the molecule is CC/C=C\C/C=C\C/C=C\C/C=C\C/C=C\C/C=C\C/C=C\C/C=C\CCCCCCCCCCCCCCCCCCC(=O)OC(CO)COC(=O)CCCCCCCCC. The summed E-state index contributed by atoms with van der Waals surface area (Å²) < 4.78 is 10.6. The molecule has 0 aliphatic heterocycles. The maximum atomic E-state index is 12.2. The minimum Gasteiger partial charge on any atom is -0.462 e. The maximum absolute atomic E-state index is 12.2. The molecule has 0 aromatic rings. The molecule has 0 aliphatic rings. The van der Waals surface area contributed by atoms with Crippen molar-refractivity contribution in [2.75, 3.05) is 13.2 Å². The van der Waals surface area contributed by atoms with E-state index in [4.69, 9.17) is 9.47 Å². The molecule has 0 saturated heterocycles. The summed E-state index contributed by atoms with van der Waals surface area (Å²) in [6, 6.07) is 0. The number of carbonyl (C=O) groups excluding carboxylic acids is 2. The summed E-state index contributed by atoms with van der Waals surface area (Å²) >= 11 is 0. The van der Waals surface area contributed by atoms with Gasteiger partial charge in [-0.05, 0) is 77.0 Å². The van der Waals surface area contributed by atoms with E-state index >= 15 is 0 Å². The Morgan fingerprint density at radius 3 is 1.05 bits per heavy atom. The number of unbranched alkanes of at least 4 members (excludes halogenated alkanes) is 22. The highest BCUT2D eigenvalue weighted by Crippen LogP contribution is 2.15. The van der Waals surface area contributed by atoms with Crippen molar-refractivity contribution in [1.82, 2.24) is 0 Å². The second-order valence-electron chi connectivity index (χ2n) is 16.9. The van der Waals surface area contributed by atoms with E-state index in [-0.39, 0.29) is 25.2 Å². The van der Waals surface area contributed by atoms with Gasteiger partial charge in [0.15, 0.2) is 6.10 Å². The van der Waals surface area contributed by atoms with Crippen LogP contribution in [0.15, 0.2) is 97.2 Å². The van der Waals surface area contributed by atoms with Crippen molar-refractivity contribution in [3.63, 3.8) is 0 Å². The quantitative estimate of drug-likeness (QED) is 0.0375. The molecule has 0 aromatic heterocycles. The molecule has 5 heteroatoms. The van der Waals surface area contributed by atoms with Gasteiger partial charge in [-0.15, -0.1) is 0 Å². The van der Waals surface area contributed by atoms with Crippen LogP contribution in [0, 0.1) is 0 Å². The van der Waals surface area contributed by atoms with Gasteiger partial charge in [-0.2, -0.15) is 0 Å². The third-order valence-electron chi connectivity index (χ3n) is 10.9. The summed E-state index contributed by atoms with van der Waals surface area (Å²) in [6.45, 7) is 3.97. The number of rotatable bonds is 46. The molecule has 1 N–H and O–H groups in total. The van der Waals surface area contributed by atoms with E-state index in [1.54, 1.807) is 0 Å². The Labute approximate surface area is 383 Å². The topological polar surface area (TPSA) is 72.8 Å².